The molecule has 0 aromatic rings. The lowest BCUT2D eigenvalue weighted by Gasteiger charge is -2.34. The van der Waals surface area contributed by atoms with Gasteiger partial charge in [0.1, 0.15) is 0 Å². The Morgan fingerprint density at radius 1 is 1.29 bits per heavy atom. The van der Waals surface area contributed by atoms with Crippen LogP contribution in [-0.2, 0) is 9.53 Å². The molecular formula is C12H23N3O2. The van der Waals surface area contributed by atoms with Crippen LogP contribution < -0.4 is 5.32 Å². The molecular weight excluding hydrogens is 218 g/mol. The first-order valence-corrected chi connectivity index (χ1v) is 6.52. The average molecular weight is 241 g/mol. The van der Waals surface area contributed by atoms with Crippen molar-refractivity contribution in [1.82, 2.24) is 15.1 Å². The van der Waals surface area contributed by atoms with Crippen molar-refractivity contribution < 1.29 is 9.53 Å². The van der Waals surface area contributed by atoms with E-state index in [1.807, 2.05) is 4.90 Å². The van der Waals surface area contributed by atoms with Crippen LogP contribution in [0.3, 0.4) is 0 Å². The lowest BCUT2D eigenvalue weighted by molar-refractivity contribution is -0.132. The first kappa shape index (κ1) is 12.8. The fourth-order valence-electron chi connectivity index (χ4n) is 2.26. The van der Waals surface area contributed by atoms with Crippen molar-refractivity contribution in [2.24, 2.45) is 0 Å². The van der Waals surface area contributed by atoms with Gasteiger partial charge in [-0.25, -0.2) is 0 Å². The molecule has 98 valence electrons. The highest BCUT2D eigenvalue weighted by Crippen LogP contribution is 2.27. The average Bonchev–Trinajstić information content (AvgIpc) is 3.19. The number of nitrogens with one attached hydrogen (secondary N) is 1. The third-order valence-corrected chi connectivity index (χ3v) is 3.49. The zero-order valence-electron chi connectivity index (χ0n) is 10.7. The van der Waals surface area contributed by atoms with Gasteiger partial charge in [0.2, 0.25) is 5.91 Å². The standard InChI is InChI=1S/C12H23N3O2/c1-17-9-4-13-10-12(16)15-7-5-14(6-8-15)11-2-3-11/h11,13H,2-10H2,1H3. The fraction of sp³-hybridized carbons (Fsp3) is 0.917. The van der Waals surface area contributed by atoms with E-state index in [9.17, 15) is 4.79 Å². The van der Waals surface area contributed by atoms with Crippen LogP contribution >= 0.6 is 0 Å². The fourth-order valence-corrected chi connectivity index (χ4v) is 2.26. The predicted octanol–water partition coefficient (Wildman–Crippen LogP) is -0.471. The summed E-state index contributed by atoms with van der Waals surface area (Å²) in [5.41, 5.74) is 0. The van der Waals surface area contributed by atoms with E-state index in [1.165, 1.54) is 12.8 Å². The molecule has 0 radical (unpaired) electrons. The van der Waals surface area contributed by atoms with Gasteiger partial charge in [0.05, 0.1) is 13.2 Å². The Morgan fingerprint density at radius 2 is 2.00 bits per heavy atom. The van der Waals surface area contributed by atoms with Crippen LogP contribution in [-0.4, -0.2) is 74.7 Å². The summed E-state index contributed by atoms with van der Waals surface area (Å²) < 4.78 is 4.92. The van der Waals surface area contributed by atoms with Gasteiger partial charge in [0.25, 0.3) is 0 Å². The third-order valence-electron chi connectivity index (χ3n) is 3.49. The van der Waals surface area contributed by atoms with Gasteiger partial charge in [-0.05, 0) is 12.8 Å². The minimum absolute atomic E-state index is 0.219. The molecule has 17 heavy (non-hydrogen) atoms. The SMILES string of the molecule is COCCNCC(=O)N1CCN(C2CC2)CC1. The van der Waals surface area contributed by atoms with Gasteiger partial charge in [0.15, 0.2) is 0 Å². The second-order valence-corrected chi connectivity index (χ2v) is 4.82. The van der Waals surface area contributed by atoms with Crippen molar-refractivity contribution in [2.75, 3.05) is 53.0 Å². The molecule has 0 atom stereocenters. The Bertz CT molecular complexity index is 248. The molecule has 1 amide bonds. The zero-order chi connectivity index (χ0) is 12.1. The predicted molar refractivity (Wildman–Crippen MR) is 65.9 cm³/mol. The highest BCUT2D eigenvalue weighted by Gasteiger charge is 2.31. The summed E-state index contributed by atoms with van der Waals surface area (Å²) >= 11 is 0. The van der Waals surface area contributed by atoms with Crippen molar-refractivity contribution >= 4 is 5.91 Å². The number of amides is 1. The van der Waals surface area contributed by atoms with E-state index < -0.39 is 0 Å². The van der Waals surface area contributed by atoms with Gasteiger partial charge >= 0.3 is 0 Å². The smallest absolute Gasteiger partial charge is 0.236 e. The van der Waals surface area contributed by atoms with E-state index in [0.29, 0.717) is 13.2 Å². The number of carbonyl (C=O) groups excluding carboxylic acids is 1. The van der Waals surface area contributed by atoms with Crippen LogP contribution in [0.25, 0.3) is 0 Å². The normalized spacial score (nSPS) is 21.8. The van der Waals surface area contributed by atoms with Crippen LogP contribution in [0.2, 0.25) is 0 Å². The Balaban J connectivity index is 1.60. The molecule has 1 aliphatic carbocycles. The molecule has 5 nitrogen and oxygen atoms in total. The summed E-state index contributed by atoms with van der Waals surface area (Å²) in [6.07, 6.45) is 2.71. The largest absolute Gasteiger partial charge is 0.383 e. The van der Waals surface area contributed by atoms with E-state index >= 15 is 0 Å². The number of nitrogens with zero attached hydrogens (tertiary/aromatic N) is 2. The molecule has 1 aliphatic heterocycles. The second-order valence-electron chi connectivity index (χ2n) is 4.82. The van der Waals surface area contributed by atoms with E-state index in [4.69, 9.17) is 4.74 Å². The number of hydrogen-bond acceptors (Lipinski definition) is 4. The van der Waals surface area contributed by atoms with Crippen LogP contribution in [0.15, 0.2) is 0 Å². The van der Waals surface area contributed by atoms with Gasteiger partial charge in [-0.1, -0.05) is 0 Å². The number of rotatable bonds is 6. The van der Waals surface area contributed by atoms with Gasteiger partial charge in [-0.3, -0.25) is 9.69 Å². The monoisotopic (exact) mass is 241 g/mol. The number of methoxy groups -OCH3 is 1. The molecule has 0 aromatic heterocycles. The molecule has 2 fully saturated rings. The highest BCUT2D eigenvalue weighted by molar-refractivity contribution is 5.78. The summed E-state index contributed by atoms with van der Waals surface area (Å²) in [7, 11) is 1.67. The second kappa shape index (κ2) is 6.33. The van der Waals surface area contributed by atoms with Gasteiger partial charge < -0.3 is 15.0 Å². The summed E-state index contributed by atoms with van der Waals surface area (Å²) in [6.45, 7) is 5.71. The van der Waals surface area contributed by atoms with Gasteiger partial charge in [-0.2, -0.15) is 0 Å². The molecule has 2 aliphatic rings. The summed E-state index contributed by atoms with van der Waals surface area (Å²) in [5, 5.41) is 3.10. The van der Waals surface area contributed by atoms with E-state index in [1.54, 1.807) is 7.11 Å². The minimum atomic E-state index is 0.219. The highest BCUT2D eigenvalue weighted by atomic mass is 16.5. The molecule has 1 N–H and O–H groups in total. The number of hydrogen-bond donors (Lipinski definition) is 1. The van der Waals surface area contributed by atoms with Crippen molar-refractivity contribution in [3.05, 3.63) is 0 Å². The maximum absolute atomic E-state index is 11.9. The van der Waals surface area contributed by atoms with E-state index in [2.05, 4.69) is 10.2 Å². The maximum atomic E-state index is 11.9. The number of ether oxygens (including phenoxy) is 1. The molecule has 0 bridgehead atoms. The Hall–Kier alpha value is -0.650. The third kappa shape index (κ3) is 3.94. The zero-order valence-corrected chi connectivity index (χ0v) is 10.7. The molecule has 0 aromatic carbocycles. The molecule has 0 unspecified atom stereocenters. The quantitative estimate of drug-likeness (QED) is 0.639. The Morgan fingerprint density at radius 3 is 2.59 bits per heavy atom. The topological polar surface area (TPSA) is 44.8 Å². The van der Waals surface area contributed by atoms with Crippen LogP contribution in [0, 0.1) is 0 Å². The first-order valence-electron chi connectivity index (χ1n) is 6.52. The van der Waals surface area contributed by atoms with Crippen molar-refractivity contribution in [1.29, 1.82) is 0 Å². The summed E-state index contributed by atoms with van der Waals surface area (Å²) in [4.78, 5) is 16.3. The molecule has 1 saturated heterocycles. The van der Waals surface area contributed by atoms with Crippen molar-refractivity contribution in [3.63, 3.8) is 0 Å². The van der Waals surface area contributed by atoms with Crippen LogP contribution in [0.5, 0.6) is 0 Å². The summed E-state index contributed by atoms with van der Waals surface area (Å²) in [6, 6.07) is 0.826. The molecule has 5 heteroatoms. The molecule has 1 saturated carbocycles. The van der Waals surface area contributed by atoms with E-state index in [0.717, 1.165) is 38.8 Å². The first-order chi connectivity index (χ1) is 8.31. The summed E-state index contributed by atoms with van der Waals surface area (Å²) in [5.74, 6) is 0.219. The maximum Gasteiger partial charge on any atom is 0.236 e. The Labute approximate surface area is 103 Å². The lowest BCUT2D eigenvalue weighted by Crippen LogP contribution is -2.51. The number of piperazine rings is 1. The molecule has 0 spiro atoms. The lowest BCUT2D eigenvalue weighted by atomic mass is 10.3. The minimum Gasteiger partial charge on any atom is -0.383 e. The van der Waals surface area contributed by atoms with Crippen LogP contribution in [0.1, 0.15) is 12.8 Å². The van der Waals surface area contributed by atoms with E-state index in [-0.39, 0.29) is 5.91 Å². The van der Waals surface area contributed by atoms with Crippen molar-refractivity contribution in [3.8, 4) is 0 Å². The van der Waals surface area contributed by atoms with Gasteiger partial charge in [-0.15, -0.1) is 0 Å². The van der Waals surface area contributed by atoms with Gasteiger partial charge in [0, 0.05) is 45.9 Å². The molecule has 1 heterocycles. The van der Waals surface area contributed by atoms with Crippen molar-refractivity contribution in [2.45, 2.75) is 18.9 Å². The molecule has 2 rings (SSSR count). The number of carbonyl (C=O) groups is 1. The van der Waals surface area contributed by atoms with Crippen LogP contribution in [0.4, 0.5) is 0 Å². The Kier molecular flexibility index (Phi) is 4.76.